The summed E-state index contributed by atoms with van der Waals surface area (Å²) in [6.07, 6.45) is 1.49. The second kappa shape index (κ2) is 5.16. The minimum absolute atomic E-state index is 0.596. The Balaban J connectivity index is 2.33. The number of nitrogens with zero attached hydrogens (tertiary/aromatic N) is 2. The number of methoxy groups -OCH3 is 1. The molecule has 0 fully saturated rings. The number of rotatable bonds is 4. The molecule has 0 spiro atoms. The van der Waals surface area contributed by atoms with Crippen LogP contribution in [0.3, 0.4) is 0 Å². The summed E-state index contributed by atoms with van der Waals surface area (Å²) >= 11 is 0. The quantitative estimate of drug-likeness (QED) is 0.843. The van der Waals surface area contributed by atoms with E-state index in [9.17, 15) is 0 Å². The third kappa shape index (κ3) is 2.44. The minimum Gasteiger partial charge on any atom is -0.490 e. The first kappa shape index (κ1) is 11.2. The maximum absolute atomic E-state index is 5.29. The Morgan fingerprint density at radius 2 is 1.76 bits per heavy atom. The molecule has 1 heterocycles. The zero-order valence-corrected chi connectivity index (χ0v) is 9.77. The van der Waals surface area contributed by atoms with Crippen molar-refractivity contribution in [2.45, 2.75) is 0 Å². The Kier molecular flexibility index (Phi) is 3.40. The van der Waals surface area contributed by atoms with Gasteiger partial charge in [0.05, 0.1) is 7.11 Å². The predicted octanol–water partition coefficient (Wildman–Crippen LogP) is 2.27. The molecule has 0 aliphatic carbocycles. The van der Waals surface area contributed by atoms with E-state index in [1.165, 1.54) is 6.33 Å². The molecule has 1 aromatic carbocycles. The van der Waals surface area contributed by atoms with Gasteiger partial charge >= 0.3 is 0 Å². The lowest BCUT2D eigenvalue weighted by Gasteiger charge is -2.12. The highest BCUT2D eigenvalue weighted by molar-refractivity contribution is 5.68. The van der Waals surface area contributed by atoms with Crippen LogP contribution in [0.4, 0.5) is 17.3 Å². The molecule has 0 saturated heterocycles. The third-order valence-corrected chi connectivity index (χ3v) is 2.28. The zero-order chi connectivity index (χ0) is 12.1. The summed E-state index contributed by atoms with van der Waals surface area (Å²) in [6, 6.07) is 9.78. The molecule has 1 aromatic heterocycles. The smallest absolute Gasteiger partial charge is 0.204 e. The van der Waals surface area contributed by atoms with Gasteiger partial charge < -0.3 is 15.4 Å². The lowest BCUT2D eigenvalue weighted by atomic mass is 10.3. The number of benzene rings is 1. The number of nitrogens with one attached hydrogen (secondary N) is 2. The lowest BCUT2D eigenvalue weighted by molar-refractivity contribution is 0.415. The summed E-state index contributed by atoms with van der Waals surface area (Å²) < 4.78 is 5.29. The Morgan fingerprint density at radius 3 is 2.41 bits per heavy atom. The molecule has 0 unspecified atom stereocenters. The van der Waals surface area contributed by atoms with Crippen molar-refractivity contribution in [2.24, 2.45) is 0 Å². The molecular formula is C12H14N4O. The van der Waals surface area contributed by atoms with Gasteiger partial charge in [-0.2, -0.15) is 0 Å². The highest BCUT2D eigenvalue weighted by atomic mass is 16.5. The largest absolute Gasteiger partial charge is 0.490 e. The first-order chi connectivity index (χ1) is 8.35. The molecular weight excluding hydrogens is 216 g/mol. The number of ether oxygens (including phenoxy) is 1. The number of aromatic nitrogens is 2. The van der Waals surface area contributed by atoms with E-state index in [1.807, 2.05) is 30.3 Å². The summed E-state index contributed by atoms with van der Waals surface area (Å²) in [4.78, 5) is 8.25. The van der Waals surface area contributed by atoms with Gasteiger partial charge in [-0.3, -0.25) is 0 Å². The fraction of sp³-hybridized carbons (Fsp3) is 0.167. The van der Waals surface area contributed by atoms with E-state index < -0.39 is 0 Å². The SMILES string of the molecule is CNc1ncnc(Nc2ccccc2)c1OC. The fourth-order valence-corrected chi connectivity index (χ4v) is 1.49. The minimum atomic E-state index is 0.596. The molecule has 2 aromatic rings. The first-order valence-electron chi connectivity index (χ1n) is 5.24. The molecule has 0 atom stereocenters. The van der Waals surface area contributed by atoms with E-state index in [0.717, 1.165) is 5.69 Å². The maximum Gasteiger partial charge on any atom is 0.204 e. The molecule has 88 valence electrons. The van der Waals surface area contributed by atoms with Crippen LogP contribution in [0.15, 0.2) is 36.7 Å². The number of hydrogen-bond acceptors (Lipinski definition) is 5. The van der Waals surface area contributed by atoms with Crippen molar-refractivity contribution >= 4 is 17.3 Å². The van der Waals surface area contributed by atoms with E-state index in [2.05, 4.69) is 20.6 Å². The van der Waals surface area contributed by atoms with Crippen LogP contribution in [-0.4, -0.2) is 24.1 Å². The summed E-state index contributed by atoms with van der Waals surface area (Å²) in [5.41, 5.74) is 0.951. The third-order valence-electron chi connectivity index (χ3n) is 2.28. The number of anilines is 3. The van der Waals surface area contributed by atoms with Gasteiger partial charge in [-0.25, -0.2) is 9.97 Å². The van der Waals surface area contributed by atoms with E-state index in [0.29, 0.717) is 17.4 Å². The van der Waals surface area contributed by atoms with E-state index in [4.69, 9.17) is 4.74 Å². The molecule has 5 nitrogen and oxygen atoms in total. The van der Waals surface area contributed by atoms with Crippen LogP contribution in [0.1, 0.15) is 0 Å². The van der Waals surface area contributed by atoms with Crippen LogP contribution >= 0.6 is 0 Å². The van der Waals surface area contributed by atoms with Gasteiger partial charge in [-0.1, -0.05) is 18.2 Å². The van der Waals surface area contributed by atoms with E-state index in [1.54, 1.807) is 14.2 Å². The molecule has 0 radical (unpaired) electrons. The first-order valence-corrected chi connectivity index (χ1v) is 5.24. The molecule has 17 heavy (non-hydrogen) atoms. The van der Waals surface area contributed by atoms with Gasteiger partial charge in [-0.05, 0) is 12.1 Å². The van der Waals surface area contributed by atoms with Gasteiger partial charge in [0, 0.05) is 12.7 Å². The van der Waals surface area contributed by atoms with Crippen molar-refractivity contribution in [1.82, 2.24) is 9.97 Å². The molecule has 0 aliphatic rings. The van der Waals surface area contributed by atoms with Gasteiger partial charge in [-0.15, -0.1) is 0 Å². The van der Waals surface area contributed by atoms with Crippen molar-refractivity contribution in [1.29, 1.82) is 0 Å². The Labute approximate surface area is 99.9 Å². The highest BCUT2D eigenvalue weighted by Crippen LogP contribution is 2.30. The van der Waals surface area contributed by atoms with Gasteiger partial charge in [0.1, 0.15) is 6.33 Å². The topological polar surface area (TPSA) is 59.1 Å². The lowest BCUT2D eigenvalue weighted by Crippen LogP contribution is -2.03. The standard InChI is InChI=1S/C12H14N4O/c1-13-11-10(17-2)12(15-8-14-11)16-9-6-4-3-5-7-9/h3-8H,1-2H3,(H2,13,14,15,16). The Bertz CT molecular complexity index is 487. The monoisotopic (exact) mass is 230 g/mol. The van der Waals surface area contributed by atoms with Crippen molar-refractivity contribution in [3.63, 3.8) is 0 Å². The van der Waals surface area contributed by atoms with Crippen LogP contribution in [0, 0.1) is 0 Å². The number of para-hydroxylation sites is 1. The molecule has 0 bridgehead atoms. The van der Waals surface area contributed by atoms with Crippen molar-refractivity contribution in [2.75, 3.05) is 24.8 Å². The molecule has 0 saturated carbocycles. The van der Waals surface area contributed by atoms with Crippen LogP contribution in [-0.2, 0) is 0 Å². The van der Waals surface area contributed by atoms with Gasteiger partial charge in [0.2, 0.25) is 5.75 Å². The van der Waals surface area contributed by atoms with Crippen LogP contribution in [0.5, 0.6) is 5.75 Å². The van der Waals surface area contributed by atoms with Crippen molar-refractivity contribution in [3.8, 4) is 5.75 Å². The zero-order valence-electron chi connectivity index (χ0n) is 9.77. The predicted molar refractivity (Wildman–Crippen MR) is 67.9 cm³/mol. The summed E-state index contributed by atoms with van der Waals surface area (Å²) in [7, 11) is 3.38. The number of hydrogen-bond donors (Lipinski definition) is 2. The molecule has 2 N–H and O–H groups in total. The summed E-state index contributed by atoms with van der Waals surface area (Å²) in [6.45, 7) is 0. The maximum atomic E-state index is 5.29. The molecule has 0 aliphatic heterocycles. The van der Waals surface area contributed by atoms with Crippen LogP contribution in [0.25, 0.3) is 0 Å². The van der Waals surface area contributed by atoms with E-state index in [-0.39, 0.29) is 0 Å². The van der Waals surface area contributed by atoms with E-state index >= 15 is 0 Å². The average molecular weight is 230 g/mol. The summed E-state index contributed by atoms with van der Waals surface area (Å²) in [5, 5.41) is 6.14. The van der Waals surface area contributed by atoms with Gasteiger partial charge in [0.25, 0.3) is 0 Å². The average Bonchev–Trinajstić information content (AvgIpc) is 2.39. The fourth-order valence-electron chi connectivity index (χ4n) is 1.49. The van der Waals surface area contributed by atoms with Crippen LogP contribution in [0.2, 0.25) is 0 Å². The van der Waals surface area contributed by atoms with Crippen molar-refractivity contribution in [3.05, 3.63) is 36.7 Å². The molecule has 2 rings (SSSR count). The second-order valence-corrected chi connectivity index (χ2v) is 3.35. The van der Waals surface area contributed by atoms with Crippen molar-refractivity contribution < 1.29 is 4.74 Å². The second-order valence-electron chi connectivity index (χ2n) is 3.35. The summed E-state index contributed by atoms with van der Waals surface area (Å²) in [5.74, 6) is 1.89. The normalized spacial score (nSPS) is 9.76. The Hall–Kier alpha value is -2.30. The molecule has 5 heteroatoms. The highest BCUT2D eigenvalue weighted by Gasteiger charge is 2.10. The van der Waals surface area contributed by atoms with Gasteiger partial charge in [0.15, 0.2) is 11.6 Å². The Morgan fingerprint density at radius 1 is 1.06 bits per heavy atom. The van der Waals surface area contributed by atoms with Crippen LogP contribution < -0.4 is 15.4 Å². The molecule has 0 amide bonds.